The maximum absolute atomic E-state index is 12.6. The monoisotopic (exact) mass is 349 g/mol. The van der Waals surface area contributed by atoms with Crippen LogP contribution >= 0.6 is 11.3 Å². The highest BCUT2D eigenvalue weighted by Crippen LogP contribution is 2.27. The van der Waals surface area contributed by atoms with Crippen molar-refractivity contribution in [2.75, 3.05) is 5.01 Å². The number of aryl methyl sites for hydroxylation is 1. The van der Waals surface area contributed by atoms with Crippen LogP contribution in [-0.4, -0.2) is 22.6 Å². The number of amides is 1. The van der Waals surface area contributed by atoms with Crippen molar-refractivity contribution in [3.05, 3.63) is 53.5 Å². The number of aromatic nitrogens is 1. The number of thiazole rings is 1. The maximum Gasteiger partial charge on any atom is 0.280 e. The van der Waals surface area contributed by atoms with E-state index < -0.39 is 6.04 Å². The van der Waals surface area contributed by atoms with E-state index in [2.05, 4.69) is 20.3 Å². The number of azo groups is 1. The van der Waals surface area contributed by atoms with Crippen LogP contribution in [0.3, 0.4) is 0 Å². The van der Waals surface area contributed by atoms with E-state index in [0.29, 0.717) is 11.4 Å². The molecule has 1 atom stereocenters. The Labute approximate surface area is 148 Å². The summed E-state index contributed by atoms with van der Waals surface area (Å²) in [5.74, 6) is -0.192. The van der Waals surface area contributed by atoms with Crippen LogP contribution < -0.4 is 5.01 Å². The summed E-state index contributed by atoms with van der Waals surface area (Å²) in [6.07, 6.45) is 0. The lowest BCUT2D eigenvalue weighted by Gasteiger charge is -2.11. The summed E-state index contributed by atoms with van der Waals surface area (Å²) in [6.45, 7) is 3.77. The minimum Gasteiger partial charge on any atom is -0.269 e. The summed E-state index contributed by atoms with van der Waals surface area (Å²) in [5.41, 5.74) is 3.01. The van der Waals surface area contributed by atoms with Crippen LogP contribution in [0.4, 0.5) is 11.4 Å². The highest BCUT2D eigenvalue weighted by molar-refractivity contribution is 7.18. The molecule has 3 aromatic rings. The van der Waals surface area contributed by atoms with Crippen LogP contribution in [-0.2, 0) is 4.79 Å². The fourth-order valence-corrected chi connectivity index (χ4v) is 3.52. The van der Waals surface area contributed by atoms with Crippen LogP contribution in [0, 0.1) is 6.92 Å². The highest BCUT2D eigenvalue weighted by Gasteiger charge is 2.34. The van der Waals surface area contributed by atoms with Gasteiger partial charge >= 0.3 is 0 Å². The van der Waals surface area contributed by atoms with Crippen molar-refractivity contribution < 1.29 is 4.79 Å². The van der Waals surface area contributed by atoms with Gasteiger partial charge in [0.25, 0.3) is 5.91 Å². The molecule has 124 valence electrons. The van der Waals surface area contributed by atoms with Gasteiger partial charge in [0, 0.05) is 0 Å². The van der Waals surface area contributed by atoms with Crippen molar-refractivity contribution in [2.45, 2.75) is 19.9 Å². The van der Waals surface area contributed by atoms with Crippen molar-refractivity contribution in [3.63, 3.8) is 0 Å². The van der Waals surface area contributed by atoms with Crippen molar-refractivity contribution in [2.24, 2.45) is 15.3 Å². The summed E-state index contributed by atoms with van der Waals surface area (Å²) >= 11 is 1.61. The molecule has 2 heterocycles. The number of anilines is 1. The lowest BCUT2D eigenvalue weighted by molar-refractivity contribution is -0.117. The Hall–Kier alpha value is -2.93. The molecular formula is C18H15N5OS. The first-order chi connectivity index (χ1) is 12.1. The molecule has 25 heavy (non-hydrogen) atoms. The third-order valence-corrected chi connectivity index (χ3v) is 4.80. The molecule has 6 nitrogen and oxygen atoms in total. The van der Waals surface area contributed by atoms with Gasteiger partial charge in [-0.15, -0.1) is 11.3 Å². The summed E-state index contributed by atoms with van der Waals surface area (Å²) in [4.78, 5) is 17.0. The molecule has 1 aromatic heterocycles. The summed E-state index contributed by atoms with van der Waals surface area (Å²) in [7, 11) is 0. The minimum absolute atomic E-state index is 0.192. The minimum atomic E-state index is -0.681. The van der Waals surface area contributed by atoms with Crippen molar-refractivity contribution in [1.29, 1.82) is 0 Å². The maximum atomic E-state index is 12.6. The van der Waals surface area contributed by atoms with Crippen LogP contribution in [0.25, 0.3) is 10.2 Å². The van der Waals surface area contributed by atoms with Gasteiger partial charge in [0.1, 0.15) is 0 Å². The van der Waals surface area contributed by atoms with E-state index in [1.807, 2.05) is 55.5 Å². The number of hydrogen-bond acceptors (Lipinski definition) is 6. The van der Waals surface area contributed by atoms with Crippen molar-refractivity contribution in [1.82, 2.24) is 4.98 Å². The van der Waals surface area contributed by atoms with Gasteiger partial charge in [-0.05, 0) is 44.2 Å². The number of fused-ring (bicyclic) bond motifs is 1. The molecule has 7 heteroatoms. The van der Waals surface area contributed by atoms with Crippen LogP contribution in [0.2, 0.25) is 0 Å². The second-order valence-electron chi connectivity index (χ2n) is 5.73. The van der Waals surface area contributed by atoms with Gasteiger partial charge in [0.05, 0.1) is 32.3 Å². The Bertz CT molecular complexity index is 1010. The standard InChI is InChI=1S/C18H15N5OS/c1-11-17(18(24)23(22-11)14-6-4-3-5-7-14)21-20-13-8-9-15-16(10-13)25-12(2)19-15/h3-10,17H,1-2H3. The van der Waals surface area contributed by atoms with Gasteiger partial charge in [0.2, 0.25) is 0 Å². The van der Waals surface area contributed by atoms with Gasteiger partial charge in [-0.25, -0.2) is 4.98 Å². The molecule has 1 amide bonds. The van der Waals surface area contributed by atoms with Gasteiger partial charge in [-0.1, -0.05) is 18.2 Å². The smallest absolute Gasteiger partial charge is 0.269 e. The van der Waals surface area contributed by atoms with Crippen molar-refractivity contribution >= 4 is 44.5 Å². The molecule has 4 rings (SSSR count). The zero-order valence-corrected chi connectivity index (χ0v) is 14.6. The average molecular weight is 349 g/mol. The van der Waals surface area contributed by atoms with E-state index in [1.165, 1.54) is 5.01 Å². The zero-order valence-electron chi connectivity index (χ0n) is 13.7. The molecule has 1 unspecified atom stereocenters. The number of hydrazone groups is 1. The van der Waals surface area contributed by atoms with E-state index in [0.717, 1.165) is 20.9 Å². The molecule has 2 aromatic carbocycles. The van der Waals surface area contributed by atoms with E-state index >= 15 is 0 Å². The fraction of sp³-hybridized carbons (Fsp3) is 0.167. The van der Waals surface area contributed by atoms with Gasteiger partial charge in [-0.2, -0.15) is 20.3 Å². The topological polar surface area (TPSA) is 70.3 Å². The second kappa shape index (κ2) is 6.18. The number of benzene rings is 2. The Kier molecular flexibility index (Phi) is 3.85. The molecule has 1 aliphatic rings. The number of carbonyl (C=O) groups excluding carboxylic acids is 1. The van der Waals surface area contributed by atoms with Gasteiger partial charge in [0.15, 0.2) is 6.04 Å². The quantitative estimate of drug-likeness (QED) is 0.654. The number of hydrogen-bond donors (Lipinski definition) is 0. The third-order valence-electron chi connectivity index (χ3n) is 3.86. The lowest BCUT2D eigenvalue weighted by Crippen LogP contribution is -2.29. The van der Waals surface area contributed by atoms with Crippen LogP contribution in [0.1, 0.15) is 11.9 Å². The van der Waals surface area contributed by atoms with E-state index in [1.54, 1.807) is 18.3 Å². The van der Waals surface area contributed by atoms with Crippen molar-refractivity contribution in [3.8, 4) is 0 Å². The Morgan fingerprint density at radius 1 is 1.12 bits per heavy atom. The highest BCUT2D eigenvalue weighted by atomic mass is 32.1. The van der Waals surface area contributed by atoms with Crippen LogP contribution in [0.5, 0.6) is 0 Å². The summed E-state index contributed by atoms with van der Waals surface area (Å²) in [6, 6.07) is 14.3. The van der Waals surface area contributed by atoms with E-state index in [4.69, 9.17) is 0 Å². The fourth-order valence-electron chi connectivity index (χ4n) is 2.66. The Morgan fingerprint density at radius 2 is 1.92 bits per heavy atom. The molecule has 0 spiro atoms. The van der Waals surface area contributed by atoms with E-state index in [9.17, 15) is 4.79 Å². The molecule has 1 aliphatic heterocycles. The Balaban J connectivity index is 1.58. The average Bonchev–Trinajstić information content (AvgIpc) is 3.12. The first-order valence-corrected chi connectivity index (χ1v) is 8.65. The first kappa shape index (κ1) is 15.6. The number of rotatable bonds is 3. The number of carbonyl (C=O) groups is 1. The first-order valence-electron chi connectivity index (χ1n) is 7.84. The van der Waals surface area contributed by atoms with E-state index in [-0.39, 0.29) is 5.91 Å². The van der Waals surface area contributed by atoms with Gasteiger partial charge in [-0.3, -0.25) is 4.79 Å². The normalized spacial score (nSPS) is 17.7. The molecule has 0 fully saturated rings. The molecule has 0 aliphatic carbocycles. The number of nitrogens with zero attached hydrogens (tertiary/aromatic N) is 5. The Morgan fingerprint density at radius 3 is 2.72 bits per heavy atom. The lowest BCUT2D eigenvalue weighted by atomic mass is 10.2. The van der Waals surface area contributed by atoms with Gasteiger partial charge < -0.3 is 0 Å². The summed E-state index contributed by atoms with van der Waals surface area (Å²) < 4.78 is 1.06. The molecule has 0 bridgehead atoms. The largest absolute Gasteiger partial charge is 0.280 e. The van der Waals surface area contributed by atoms with Crippen LogP contribution in [0.15, 0.2) is 63.9 Å². The number of para-hydroxylation sites is 1. The molecular weight excluding hydrogens is 334 g/mol. The predicted molar refractivity (Wildman–Crippen MR) is 99.7 cm³/mol. The summed E-state index contributed by atoms with van der Waals surface area (Å²) in [5, 5.41) is 15.2. The predicted octanol–water partition coefficient (Wildman–Crippen LogP) is 4.48. The molecule has 0 saturated carbocycles. The molecule has 0 radical (unpaired) electrons. The molecule has 0 N–H and O–H groups in total. The molecule has 0 saturated heterocycles. The SMILES string of the molecule is CC1=NN(c2ccccc2)C(=O)C1N=Nc1ccc2nc(C)sc2c1. The second-order valence-corrected chi connectivity index (χ2v) is 6.96. The third kappa shape index (κ3) is 2.94. The zero-order chi connectivity index (χ0) is 17.4.